The van der Waals surface area contributed by atoms with Gasteiger partial charge in [-0.25, -0.2) is 19.9 Å². The minimum absolute atomic E-state index is 0.315. The summed E-state index contributed by atoms with van der Waals surface area (Å²) >= 11 is 25.8. The van der Waals surface area contributed by atoms with Gasteiger partial charge in [-0.15, -0.1) is 0 Å². The lowest BCUT2D eigenvalue weighted by molar-refractivity contribution is 0.338. The van der Waals surface area contributed by atoms with Gasteiger partial charge in [-0.2, -0.15) is 0 Å². The van der Waals surface area contributed by atoms with Gasteiger partial charge in [0.15, 0.2) is 0 Å². The maximum Gasteiger partial charge on any atom is 0.0949 e. The van der Waals surface area contributed by atoms with E-state index >= 15 is 0 Å². The molecule has 0 radical (unpaired) electrons. The molecule has 0 amide bonds. The average Bonchev–Trinajstić information content (AvgIpc) is 1.62. The monoisotopic (exact) mass is 1730 g/mol. The van der Waals surface area contributed by atoms with Gasteiger partial charge < -0.3 is 39.5 Å². The molecule has 4 aliphatic carbocycles. The molecule has 0 saturated carbocycles. The molecule has 20 heteroatoms. The molecule has 0 bridgehead atoms. The van der Waals surface area contributed by atoms with Crippen LogP contribution in [0, 0.1) is 51.4 Å². The van der Waals surface area contributed by atoms with E-state index in [-0.39, 0.29) is 0 Å². The fraction of sp³-hybridized carbons (Fsp3) is 0.423. The number of halogens is 4. The van der Waals surface area contributed by atoms with Crippen LogP contribution in [0.3, 0.4) is 0 Å². The topological polar surface area (TPSA) is 171 Å². The first-order chi connectivity index (χ1) is 60.7. The van der Waals surface area contributed by atoms with Gasteiger partial charge in [0.25, 0.3) is 0 Å². The molecular formula is C104H120Cl4N16. The van der Waals surface area contributed by atoms with Crippen LogP contribution < -0.4 is 21.3 Å². The van der Waals surface area contributed by atoms with Crippen molar-refractivity contribution in [2.45, 2.75) is 205 Å². The molecule has 6 atom stereocenters. The van der Waals surface area contributed by atoms with Gasteiger partial charge in [0, 0.05) is 120 Å². The Morgan fingerprint density at radius 1 is 0.323 bits per heavy atom. The number of aromatic nitrogens is 12. The van der Waals surface area contributed by atoms with Crippen LogP contribution in [0.1, 0.15) is 251 Å². The minimum Gasteiger partial charge on any atom is -0.337 e. The molecule has 12 heterocycles. The first-order valence-electron chi connectivity index (χ1n) is 45.9. The second-order valence-corrected chi connectivity index (χ2v) is 37.7. The van der Waals surface area contributed by atoms with E-state index in [0.717, 1.165) is 186 Å². The van der Waals surface area contributed by atoms with Crippen LogP contribution in [0.2, 0.25) is 20.1 Å². The summed E-state index contributed by atoms with van der Waals surface area (Å²) in [6.45, 7) is 20.8. The molecule has 20 rings (SSSR count). The molecule has 644 valence electrons. The van der Waals surface area contributed by atoms with Gasteiger partial charge >= 0.3 is 0 Å². The molecule has 4 saturated heterocycles. The number of piperidine rings is 4. The van der Waals surface area contributed by atoms with Gasteiger partial charge in [-0.3, -0.25) is 19.9 Å². The van der Waals surface area contributed by atoms with Crippen molar-refractivity contribution in [2.24, 2.45) is 23.7 Å². The third kappa shape index (κ3) is 21.1. The highest BCUT2D eigenvalue weighted by Gasteiger charge is 2.40. The Kier molecular flexibility index (Phi) is 29.1. The molecule has 4 fully saturated rings. The zero-order valence-corrected chi connectivity index (χ0v) is 75.5. The summed E-state index contributed by atoms with van der Waals surface area (Å²) in [7, 11) is 0. The van der Waals surface area contributed by atoms with E-state index in [1.165, 1.54) is 152 Å². The number of imidazole rings is 4. The standard InChI is InChI=1S/2C26H31ClN4.2C26H29ClN4/c4*1-18-16-31(17-30-18)13-3-4-20-14-21-15-22(27)6-7-23(21)25(19-8-11-28-12-9-19)26-24(20)5-2-10-29-26/h2*2,5-7,10,15-17,19-20,25,28H,3-4,8-9,11-14H2,1H3;2*2,5-7,10,14-17,19,25,28H,3-4,8-9,11-13H2,1H3. The summed E-state index contributed by atoms with van der Waals surface area (Å²) < 4.78 is 8.77. The summed E-state index contributed by atoms with van der Waals surface area (Å²) in [6.07, 6.45) is 49.1. The fourth-order valence-electron chi connectivity index (χ4n) is 21.7. The molecule has 16 nitrogen and oxygen atoms in total. The molecule has 4 N–H and O–H groups in total. The zero-order valence-electron chi connectivity index (χ0n) is 72.5. The molecule has 12 aromatic rings. The first-order valence-corrected chi connectivity index (χ1v) is 47.4. The largest absolute Gasteiger partial charge is 0.337 e. The summed E-state index contributed by atoms with van der Waals surface area (Å²) in [5, 5.41) is 17.4. The van der Waals surface area contributed by atoms with E-state index in [1.807, 2.05) is 89.9 Å². The Morgan fingerprint density at radius 2 is 0.621 bits per heavy atom. The van der Waals surface area contributed by atoms with Crippen LogP contribution in [0.15, 0.2) is 196 Å². The number of hydrogen-bond acceptors (Lipinski definition) is 12. The van der Waals surface area contributed by atoms with E-state index in [9.17, 15) is 0 Å². The SMILES string of the molecule is Cc1cn(CCCC2=Cc3cc(Cl)ccc3C(C3CCNCC3)c3ncccc32)cn1.Cc1cn(CCCC2=Cc3cc(Cl)ccc3C(C3CCNCC3)c3ncccc32)cn1.Cc1cn(CCCC2Cc3cc(Cl)ccc3C(C3CCNCC3)c3ncccc32)cn1.Cc1cn(CCCC2Cc3cc(Cl)ccc3C(C3CCNCC3)c3ncccc32)cn1. The maximum atomic E-state index is 6.47. The average molecular weight is 1740 g/mol. The highest BCUT2D eigenvalue weighted by molar-refractivity contribution is 6.31. The molecular weight excluding hydrogens is 1620 g/mol. The highest BCUT2D eigenvalue weighted by Crippen LogP contribution is 2.51. The van der Waals surface area contributed by atoms with Gasteiger partial charge in [-0.05, 0) is 382 Å². The number of benzene rings is 4. The smallest absolute Gasteiger partial charge is 0.0949 e. The van der Waals surface area contributed by atoms with Crippen molar-refractivity contribution in [3.05, 3.63) is 329 Å². The van der Waals surface area contributed by atoms with Crippen LogP contribution in [0.5, 0.6) is 0 Å². The lowest BCUT2D eigenvalue weighted by Gasteiger charge is -2.32. The predicted molar refractivity (Wildman–Crippen MR) is 506 cm³/mol. The number of fused-ring (bicyclic) bond motifs is 8. The lowest BCUT2D eigenvalue weighted by Crippen LogP contribution is -2.32. The van der Waals surface area contributed by atoms with Crippen LogP contribution in [0.4, 0.5) is 0 Å². The van der Waals surface area contributed by atoms with Crippen molar-refractivity contribution < 1.29 is 0 Å². The normalized spacial score (nSPS) is 20.1. The molecule has 0 spiro atoms. The van der Waals surface area contributed by atoms with Crippen LogP contribution in [-0.4, -0.2) is 110 Å². The Balaban J connectivity index is 0.000000117. The third-order valence-electron chi connectivity index (χ3n) is 27.5. The zero-order chi connectivity index (χ0) is 84.8. The second-order valence-electron chi connectivity index (χ2n) is 36.0. The fourth-order valence-corrected chi connectivity index (χ4v) is 22.5. The van der Waals surface area contributed by atoms with Crippen LogP contribution in [-0.2, 0) is 39.0 Å². The van der Waals surface area contributed by atoms with Gasteiger partial charge in [0.2, 0.25) is 0 Å². The third-order valence-corrected chi connectivity index (χ3v) is 28.5. The lowest BCUT2D eigenvalue weighted by atomic mass is 9.76. The quantitative estimate of drug-likeness (QED) is 0.0570. The van der Waals surface area contributed by atoms with Crippen molar-refractivity contribution in [1.82, 2.24) is 79.4 Å². The van der Waals surface area contributed by atoms with E-state index in [1.54, 1.807) is 0 Å². The van der Waals surface area contributed by atoms with E-state index in [0.29, 0.717) is 59.2 Å². The maximum absolute atomic E-state index is 6.47. The minimum atomic E-state index is 0.315. The number of pyridine rings is 4. The Hall–Kier alpha value is -9.20. The summed E-state index contributed by atoms with van der Waals surface area (Å²) in [6, 6.07) is 43.5. The number of nitrogens with zero attached hydrogens (tertiary/aromatic N) is 12. The molecule has 124 heavy (non-hydrogen) atoms. The number of nitrogens with one attached hydrogen (secondary N) is 4. The van der Waals surface area contributed by atoms with E-state index < -0.39 is 0 Å². The molecule has 8 aliphatic rings. The second kappa shape index (κ2) is 41.5. The van der Waals surface area contributed by atoms with E-state index in [4.69, 9.17) is 66.3 Å². The molecule has 4 aliphatic heterocycles. The molecule has 6 unspecified atom stereocenters. The number of rotatable bonds is 20. The predicted octanol–water partition coefficient (Wildman–Crippen LogP) is 22.4. The summed E-state index contributed by atoms with van der Waals surface area (Å²) in [4.78, 5) is 37.4. The first kappa shape index (κ1) is 86.9. The van der Waals surface area contributed by atoms with Gasteiger partial charge in [0.05, 0.1) is 70.9 Å². The van der Waals surface area contributed by atoms with Crippen LogP contribution in [0.25, 0.3) is 23.3 Å². The number of allylic oxidation sites excluding steroid dienone is 2. The van der Waals surface area contributed by atoms with Crippen molar-refractivity contribution in [1.29, 1.82) is 0 Å². The number of aryl methyl sites for hydroxylation is 8. The molecule has 4 aromatic carbocycles. The van der Waals surface area contributed by atoms with Gasteiger partial charge in [0.1, 0.15) is 0 Å². The van der Waals surface area contributed by atoms with Crippen molar-refractivity contribution >= 4 is 69.7 Å². The van der Waals surface area contributed by atoms with E-state index in [2.05, 4.69) is 206 Å². The van der Waals surface area contributed by atoms with Crippen LogP contribution >= 0.6 is 46.4 Å². The Morgan fingerprint density at radius 3 is 0.952 bits per heavy atom. The van der Waals surface area contributed by atoms with Crippen molar-refractivity contribution in [3.8, 4) is 0 Å². The number of hydrogen-bond donors (Lipinski definition) is 4. The Bertz CT molecular complexity index is 5260. The van der Waals surface area contributed by atoms with Crippen molar-refractivity contribution in [3.63, 3.8) is 0 Å². The summed E-state index contributed by atoms with van der Waals surface area (Å²) in [5.74, 6) is 4.75. The van der Waals surface area contributed by atoms with Crippen molar-refractivity contribution in [2.75, 3.05) is 52.4 Å². The molecule has 8 aromatic heterocycles. The Labute approximate surface area is 753 Å². The summed E-state index contributed by atoms with van der Waals surface area (Å²) in [5.41, 5.74) is 28.6. The van der Waals surface area contributed by atoms with Gasteiger partial charge in [-0.1, -0.05) is 107 Å². The highest BCUT2D eigenvalue weighted by atomic mass is 35.5.